The summed E-state index contributed by atoms with van der Waals surface area (Å²) in [5.74, 6) is -0.669. The monoisotopic (exact) mass is 268 g/mol. The average molecular weight is 268 g/mol. The summed E-state index contributed by atoms with van der Waals surface area (Å²) in [5.41, 5.74) is 2.12. The fraction of sp³-hybridized carbons (Fsp3) is 0.143. The number of methoxy groups -OCH3 is 1. The quantitative estimate of drug-likeness (QED) is 0.479. The number of hydrogen-bond acceptors (Lipinski definition) is 5. The van der Waals surface area contributed by atoms with Crippen molar-refractivity contribution < 1.29 is 9.53 Å². The van der Waals surface area contributed by atoms with Crippen LogP contribution in [-0.4, -0.2) is 27.8 Å². The van der Waals surface area contributed by atoms with Gasteiger partial charge in [0.25, 0.3) is 0 Å². The number of nitrogens with zero attached hydrogens (tertiary/aromatic N) is 4. The first-order chi connectivity index (χ1) is 9.65. The number of pyridine rings is 1. The first-order valence-corrected chi connectivity index (χ1v) is 5.80. The number of esters is 1. The van der Waals surface area contributed by atoms with Gasteiger partial charge in [0.05, 0.1) is 12.8 Å². The van der Waals surface area contributed by atoms with Crippen molar-refractivity contribution in [3.63, 3.8) is 0 Å². The summed E-state index contributed by atoms with van der Waals surface area (Å²) in [6, 6.07) is 5.45. The second-order valence-electron chi connectivity index (χ2n) is 4.00. The van der Waals surface area contributed by atoms with Gasteiger partial charge < -0.3 is 4.74 Å². The molecule has 2 aromatic heterocycles. The van der Waals surface area contributed by atoms with Gasteiger partial charge in [-0.1, -0.05) is 0 Å². The van der Waals surface area contributed by atoms with Gasteiger partial charge >= 0.3 is 5.97 Å². The van der Waals surface area contributed by atoms with Crippen molar-refractivity contribution in [1.29, 1.82) is 5.26 Å². The van der Waals surface area contributed by atoms with Gasteiger partial charge in [0.2, 0.25) is 0 Å². The second kappa shape index (κ2) is 5.80. The Bertz CT molecular complexity index is 696. The van der Waals surface area contributed by atoms with E-state index in [-0.39, 0.29) is 5.57 Å². The summed E-state index contributed by atoms with van der Waals surface area (Å²) in [7, 11) is 3.01. The summed E-state index contributed by atoms with van der Waals surface area (Å²) in [4.78, 5) is 15.4. The summed E-state index contributed by atoms with van der Waals surface area (Å²) in [5, 5.41) is 13.3. The van der Waals surface area contributed by atoms with E-state index in [9.17, 15) is 4.79 Å². The molecule has 100 valence electrons. The van der Waals surface area contributed by atoms with Crippen molar-refractivity contribution in [2.45, 2.75) is 0 Å². The second-order valence-corrected chi connectivity index (χ2v) is 4.00. The molecule has 0 spiro atoms. The minimum atomic E-state index is -0.669. The minimum absolute atomic E-state index is 0.0733. The van der Waals surface area contributed by atoms with Crippen LogP contribution >= 0.6 is 0 Å². The Hall–Kier alpha value is -2.94. The highest BCUT2D eigenvalue weighted by Crippen LogP contribution is 2.23. The van der Waals surface area contributed by atoms with Crippen LogP contribution in [0.25, 0.3) is 17.3 Å². The molecule has 0 aliphatic carbocycles. The van der Waals surface area contributed by atoms with Crippen molar-refractivity contribution in [1.82, 2.24) is 14.8 Å². The van der Waals surface area contributed by atoms with Crippen LogP contribution in [-0.2, 0) is 16.6 Å². The fourth-order valence-electron chi connectivity index (χ4n) is 1.75. The Labute approximate surface area is 115 Å². The molecule has 0 aromatic carbocycles. The zero-order valence-corrected chi connectivity index (χ0v) is 11.1. The third kappa shape index (κ3) is 2.72. The lowest BCUT2D eigenvalue weighted by Gasteiger charge is -1.99. The Morgan fingerprint density at radius 2 is 2.15 bits per heavy atom. The van der Waals surface area contributed by atoms with E-state index >= 15 is 0 Å². The maximum Gasteiger partial charge on any atom is 0.348 e. The molecule has 0 aliphatic rings. The number of carbonyl (C=O) groups excluding carboxylic acids is 1. The first kappa shape index (κ1) is 13.5. The molecule has 2 rings (SSSR count). The van der Waals surface area contributed by atoms with Crippen LogP contribution in [0.3, 0.4) is 0 Å². The van der Waals surface area contributed by atoms with E-state index in [1.807, 2.05) is 18.2 Å². The van der Waals surface area contributed by atoms with Crippen molar-refractivity contribution in [2.75, 3.05) is 7.11 Å². The Morgan fingerprint density at radius 3 is 2.75 bits per heavy atom. The molecule has 0 amide bonds. The van der Waals surface area contributed by atoms with Gasteiger partial charge in [0.1, 0.15) is 11.6 Å². The van der Waals surface area contributed by atoms with Gasteiger partial charge in [-0.25, -0.2) is 4.79 Å². The molecule has 0 atom stereocenters. The normalized spacial score (nSPS) is 10.9. The molecule has 0 radical (unpaired) electrons. The van der Waals surface area contributed by atoms with Crippen LogP contribution in [0.5, 0.6) is 0 Å². The SMILES string of the molecule is COC(=O)/C(C#N)=C\c1cn(C)nc1-c1ccncc1. The maximum atomic E-state index is 11.5. The third-order valence-electron chi connectivity index (χ3n) is 2.64. The van der Waals surface area contributed by atoms with E-state index in [0.29, 0.717) is 11.3 Å². The Morgan fingerprint density at radius 1 is 1.45 bits per heavy atom. The zero-order valence-electron chi connectivity index (χ0n) is 11.1. The van der Waals surface area contributed by atoms with E-state index in [2.05, 4.69) is 14.8 Å². The lowest BCUT2D eigenvalue weighted by Crippen LogP contribution is -2.02. The summed E-state index contributed by atoms with van der Waals surface area (Å²) in [6.07, 6.45) is 6.51. The lowest BCUT2D eigenvalue weighted by molar-refractivity contribution is -0.135. The zero-order chi connectivity index (χ0) is 14.5. The number of hydrogen-bond donors (Lipinski definition) is 0. The van der Waals surface area contributed by atoms with Crippen molar-refractivity contribution >= 4 is 12.0 Å². The number of carbonyl (C=O) groups is 1. The standard InChI is InChI=1S/C14H12N4O2/c1-18-9-12(7-11(8-15)14(19)20-2)13(17-18)10-3-5-16-6-4-10/h3-7,9H,1-2H3/b11-7-. The summed E-state index contributed by atoms with van der Waals surface area (Å²) < 4.78 is 6.18. The molecule has 0 fully saturated rings. The molecule has 6 heteroatoms. The van der Waals surface area contributed by atoms with Gasteiger partial charge in [-0.05, 0) is 18.2 Å². The number of ether oxygens (including phenoxy) is 1. The largest absolute Gasteiger partial charge is 0.465 e. The van der Waals surface area contributed by atoms with Gasteiger partial charge in [-0.15, -0.1) is 0 Å². The van der Waals surface area contributed by atoms with E-state index in [0.717, 1.165) is 5.56 Å². The molecule has 0 bridgehead atoms. The highest BCUT2D eigenvalue weighted by Gasteiger charge is 2.13. The van der Waals surface area contributed by atoms with E-state index in [4.69, 9.17) is 5.26 Å². The van der Waals surface area contributed by atoms with Gasteiger partial charge in [-0.3, -0.25) is 9.67 Å². The molecule has 0 saturated heterocycles. The smallest absolute Gasteiger partial charge is 0.348 e. The molecular formula is C14H12N4O2. The van der Waals surface area contributed by atoms with E-state index in [1.54, 1.807) is 30.3 Å². The van der Waals surface area contributed by atoms with Crippen LogP contribution in [0.2, 0.25) is 0 Å². The topological polar surface area (TPSA) is 80.8 Å². The van der Waals surface area contributed by atoms with E-state index in [1.165, 1.54) is 13.2 Å². The highest BCUT2D eigenvalue weighted by molar-refractivity contribution is 5.98. The highest BCUT2D eigenvalue weighted by atomic mass is 16.5. The predicted octanol–water partition coefficient (Wildman–Crippen LogP) is 1.56. The van der Waals surface area contributed by atoms with Crippen molar-refractivity contribution in [3.05, 3.63) is 41.9 Å². The number of rotatable bonds is 3. The van der Waals surface area contributed by atoms with Crippen molar-refractivity contribution in [3.8, 4) is 17.3 Å². The summed E-state index contributed by atoms with van der Waals surface area (Å²) in [6.45, 7) is 0. The minimum Gasteiger partial charge on any atom is -0.465 e. The molecule has 0 saturated carbocycles. The molecule has 2 aromatic rings. The number of aryl methyl sites for hydroxylation is 1. The van der Waals surface area contributed by atoms with Crippen LogP contribution < -0.4 is 0 Å². The van der Waals surface area contributed by atoms with Gasteiger partial charge in [-0.2, -0.15) is 10.4 Å². The van der Waals surface area contributed by atoms with Crippen molar-refractivity contribution in [2.24, 2.45) is 7.05 Å². The molecule has 20 heavy (non-hydrogen) atoms. The van der Waals surface area contributed by atoms with Crippen LogP contribution in [0, 0.1) is 11.3 Å². The average Bonchev–Trinajstić information content (AvgIpc) is 2.85. The third-order valence-corrected chi connectivity index (χ3v) is 2.64. The predicted molar refractivity (Wildman–Crippen MR) is 72.0 cm³/mol. The lowest BCUT2D eigenvalue weighted by atomic mass is 10.1. The Kier molecular flexibility index (Phi) is 3.91. The first-order valence-electron chi connectivity index (χ1n) is 5.80. The number of aromatic nitrogens is 3. The molecule has 0 unspecified atom stereocenters. The molecule has 6 nitrogen and oxygen atoms in total. The number of nitriles is 1. The van der Waals surface area contributed by atoms with Gasteiger partial charge in [0, 0.05) is 36.8 Å². The van der Waals surface area contributed by atoms with Crippen LogP contribution in [0.15, 0.2) is 36.3 Å². The maximum absolute atomic E-state index is 11.5. The molecule has 0 N–H and O–H groups in total. The van der Waals surface area contributed by atoms with Gasteiger partial charge in [0.15, 0.2) is 0 Å². The molecule has 2 heterocycles. The molecular weight excluding hydrogens is 256 g/mol. The molecule has 0 aliphatic heterocycles. The Balaban J connectivity index is 2.51. The summed E-state index contributed by atoms with van der Waals surface area (Å²) >= 11 is 0. The van der Waals surface area contributed by atoms with E-state index < -0.39 is 5.97 Å². The van der Waals surface area contributed by atoms with Crippen LogP contribution in [0.4, 0.5) is 0 Å². The van der Waals surface area contributed by atoms with Crippen LogP contribution in [0.1, 0.15) is 5.56 Å². The fourth-order valence-corrected chi connectivity index (χ4v) is 1.75.